The average molecular weight is 314 g/mol. The lowest BCUT2D eigenvalue weighted by Gasteiger charge is -2.00. The second-order valence-electron chi connectivity index (χ2n) is 4.80. The summed E-state index contributed by atoms with van der Waals surface area (Å²) in [6, 6.07) is 11.1. The van der Waals surface area contributed by atoms with E-state index in [4.69, 9.17) is 0 Å². The highest BCUT2D eigenvalue weighted by Crippen LogP contribution is 2.31. The number of thiazole rings is 1. The number of aromatic nitrogens is 1. The molecule has 0 aliphatic rings. The van der Waals surface area contributed by atoms with E-state index in [-0.39, 0.29) is 11.5 Å². The molecule has 0 N–H and O–H groups in total. The van der Waals surface area contributed by atoms with E-state index < -0.39 is 4.92 Å². The predicted octanol–water partition coefficient (Wildman–Crippen LogP) is 4.83. The Bertz CT molecular complexity index is 844. The summed E-state index contributed by atoms with van der Waals surface area (Å²) in [4.78, 5) is 15.1. The molecule has 6 heteroatoms. The minimum absolute atomic E-state index is 0.0776. The van der Waals surface area contributed by atoms with Crippen molar-refractivity contribution < 1.29 is 9.31 Å². The van der Waals surface area contributed by atoms with Crippen molar-refractivity contribution in [3.63, 3.8) is 0 Å². The van der Waals surface area contributed by atoms with Gasteiger partial charge in [-0.1, -0.05) is 12.1 Å². The van der Waals surface area contributed by atoms with E-state index in [0.717, 1.165) is 10.6 Å². The zero-order chi connectivity index (χ0) is 15.7. The first kappa shape index (κ1) is 14.3. The van der Waals surface area contributed by atoms with Gasteiger partial charge in [0.25, 0.3) is 5.69 Å². The fourth-order valence-electron chi connectivity index (χ4n) is 2.10. The molecule has 4 nitrogen and oxygen atoms in total. The number of nitro groups is 1. The van der Waals surface area contributed by atoms with E-state index in [2.05, 4.69) is 4.98 Å². The molecule has 1 heterocycles. The lowest BCUT2D eigenvalue weighted by atomic mass is 10.1. The van der Waals surface area contributed by atoms with Crippen molar-refractivity contribution in [2.24, 2.45) is 0 Å². The van der Waals surface area contributed by atoms with Crippen molar-refractivity contribution in [1.82, 2.24) is 4.98 Å². The third-order valence-corrected chi connectivity index (χ3v) is 4.19. The first-order valence-electron chi connectivity index (χ1n) is 6.51. The van der Waals surface area contributed by atoms with Gasteiger partial charge in [0.15, 0.2) is 0 Å². The number of hydrogen-bond acceptors (Lipinski definition) is 4. The standard InChI is InChI=1S/C16H11FN2O2S/c1-10-2-3-12(8-15(10)19(20)21)14-9-22-16(18-14)11-4-6-13(17)7-5-11/h2-9H,1H3. The molecule has 0 unspecified atom stereocenters. The van der Waals surface area contributed by atoms with E-state index in [0.29, 0.717) is 16.8 Å². The third kappa shape index (κ3) is 2.73. The normalized spacial score (nSPS) is 10.6. The summed E-state index contributed by atoms with van der Waals surface area (Å²) in [6.07, 6.45) is 0. The highest BCUT2D eigenvalue weighted by Gasteiger charge is 2.14. The van der Waals surface area contributed by atoms with Crippen molar-refractivity contribution in [3.8, 4) is 21.8 Å². The van der Waals surface area contributed by atoms with Crippen LogP contribution in [-0.2, 0) is 0 Å². The van der Waals surface area contributed by atoms with Gasteiger partial charge < -0.3 is 0 Å². The van der Waals surface area contributed by atoms with E-state index in [9.17, 15) is 14.5 Å². The maximum atomic E-state index is 12.9. The first-order chi connectivity index (χ1) is 10.5. The lowest BCUT2D eigenvalue weighted by molar-refractivity contribution is -0.385. The molecule has 0 saturated carbocycles. The van der Waals surface area contributed by atoms with Crippen LogP contribution in [-0.4, -0.2) is 9.91 Å². The van der Waals surface area contributed by atoms with Gasteiger partial charge in [-0.15, -0.1) is 11.3 Å². The van der Waals surface area contributed by atoms with Crippen LogP contribution in [0.15, 0.2) is 47.8 Å². The van der Waals surface area contributed by atoms with E-state index in [1.807, 2.05) is 11.4 Å². The molecule has 0 amide bonds. The summed E-state index contributed by atoms with van der Waals surface area (Å²) in [6.45, 7) is 1.70. The summed E-state index contributed by atoms with van der Waals surface area (Å²) in [7, 11) is 0. The second-order valence-corrected chi connectivity index (χ2v) is 5.66. The first-order valence-corrected chi connectivity index (χ1v) is 7.39. The second kappa shape index (κ2) is 5.65. The molecule has 0 spiro atoms. The number of aryl methyl sites for hydroxylation is 1. The quantitative estimate of drug-likeness (QED) is 0.514. The van der Waals surface area contributed by atoms with Gasteiger partial charge in [-0.25, -0.2) is 9.37 Å². The van der Waals surface area contributed by atoms with Gasteiger partial charge >= 0.3 is 0 Å². The molecule has 1 aromatic heterocycles. The highest BCUT2D eigenvalue weighted by molar-refractivity contribution is 7.13. The molecular formula is C16H11FN2O2S. The number of benzene rings is 2. The highest BCUT2D eigenvalue weighted by atomic mass is 32.1. The summed E-state index contributed by atoms with van der Waals surface area (Å²) >= 11 is 1.42. The summed E-state index contributed by atoms with van der Waals surface area (Å²) in [5.41, 5.74) is 2.88. The molecule has 3 rings (SSSR count). The number of nitro benzene ring substituents is 1. The Hall–Kier alpha value is -2.60. The van der Waals surface area contributed by atoms with E-state index in [1.165, 1.54) is 29.5 Å². The van der Waals surface area contributed by atoms with Crippen LogP contribution < -0.4 is 0 Å². The van der Waals surface area contributed by atoms with Crippen LogP contribution in [0.2, 0.25) is 0 Å². The average Bonchev–Trinajstić information content (AvgIpc) is 2.98. The molecule has 0 atom stereocenters. The SMILES string of the molecule is Cc1ccc(-c2csc(-c3ccc(F)cc3)n2)cc1[N+](=O)[O-]. The monoisotopic (exact) mass is 314 g/mol. The fourth-order valence-corrected chi connectivity index (χ4v) is 2.93. The van der Waals surface area contributed by atoms with Crippen LogP contribution in [0.1, 0.15) is 5.56 Å². The number of nitrogens with zero attached hydrogens (tertiary/aromatic N) is 2. The summed E-state index contributed by atoms with van der Waals surface area (Å²) in [5, 5.41) is 13.6. The maximum Gasteiger partial charge on any atom is 0.272 e. The minimum atomic E-state index is -0.397. The molecule has 0 bridgehead atoms. The molecule has 3 aromatic rings. The maximum absolute atomic E-state index is 12.9. The van der Waals surface area contributed by atoms with Gasteiger partial charge in [0.05, 0.1) is 10.6 Å². The van der Waals surface area contributed by atoms with Crippen LogP contribution >= 0.6 is 11.3 Å². The van der Waals surface area contributed by atoms with Gasteiger partial charge in [0.2, 0.25) is 0 Å². The topological polar surface area (TPSA) is 56.0 Å². The zero-order valence-corrected chi connectivity index (χ0v) is 12.4. The lowest BCUT2D eigenvalue weighted by Crippen LogP contribution is -1.92. The van der Waals surface area contributed by atoms with Crippen molar-refractivity contribution in [3.05, 3.63) is 69.3 Å². The molecule has 0 aliphatic heterocycles. The number of rotatable bonds is 3. The minimum Gasteiger partial charge on any atom is -0.258 e. The van der Waals surface area contributed by atoms with Crippen LogP contribution in [0.25, 0.3) is 21.8 Å². The Morgan fingerprint density at radius 2 is 1.82 bits per heavy atom. The summed E-state index contributed by atoms with van der Waals surface area (Å²) in [5.74, 6) is -0.297. The number of hydrogen-bond donors (Lipinski definition) is 0. The van der Waals surface area contributed by atoms with E-state index in [1.54, 1.807) is 25.1 Å². The Balaban J connectivity index is 1.99. The fraction of sp³-hybridized carbons (Fsp3) is 0.0625. The van der Waals surface area contributed by atoms with Gasteiger partial charge in [-0.3, -0.25) is 10.1 Å². The smallest absolute Gasteiger partial charge is 0.258 e. The largest absolute Gasteiger partial charge is 0.272 e. The molecule has 110 valence electrons. The van der Waals surface area contributed by atoms with Crippen molar-refractivity contribution in [1.29, 1.82) is 0 Å². The van der Waals surface area contributed by atoms with Crippen molar-refractivity contribution >= 4 is 17.0 Å². The van der Waals surface area contributed by atoms with Gasteiger partial charge in [-0.2, -0.15) is 0 Å². The van der Waals surface area contributed by atoms with Gasteiger partial charge in [0.1, 0.15) is 10.8 Å². The Labute approximate surface area is 130 Å². The molecular weight excluding hydrogens is 303 g/mol. The molecule has 0 aliphatic carbocycles. The van der Waals surface area contributed by atoms with Crippen LogP contribution in [0.5, 0.6) is 0 Å². The Kier molecular flexibility index (Phi) is 3.68. The summed E-state index contributed by atoms with van der Waals surface area (Å²) < 4.78 is 12.9. The van der Waals surface area contributed by atoms with Crippen LogP contribution in [0.4, 0.5) is 10.1 Å². The van der Waals surface area contributed by atoms with Crippen LogP contribution in [0.3, 0.4) is 0 Å². The number of halogens is 1. The third-order valence-electron chi connectivity index (χ3n) is 3.30. The molecule has 0 fully saturated rings. The molecule has 22 heavy (non-hydrogen) atoms. The molecule has 0 radical (unpaired) electrons. The Morgan fingerprint density at radius 3 is 2.50 bits per heavy atom. The van der Waals surface area contributed by atoms with Gasteiger partial charge in [-0.05, 0) is 31.2 Å². The predicted molar refractivity (Wildman–Crippen MR) is 84.3 cm³/mol. The Morgan fingerprint density at radius 1 is 1.14 bits per heavy atom. The van der Waals surface area contributed by atoms with Crippen molar-refractivity contribution in [2.75, 3.05) is 0 Å². The van der Waals surface area contributed by atoms with Gasteiger partial charge in [0, 0.05) is 28.1 Å². The van der Waals surface area contributed by atoms with Crippen molar-refractivity contribution in [2.45, 2.75) is 6.92 Å². The molecule has 2 aromatic carbocycles. The molecule has 0 saturated heterocycles. The zero-order valence-electron chi connectivity index (χ0n) is 11.6. The van der Waals surface area contributed by atoms with Crippen LogP contribution in [0, 0.1) is 22.9 Å². The van der Waals surface area contributed by atoms with E-state index >= 15 is 0 Å².